The molecule has 2 aromatic heterocycles. The third kappa shape index (κ3) is 4.31. The molecule has 1 amide bonds. The zero-order valence-corrected chi connectivity index (χ0v) is 15.8. The second kappa shape index (κ2) is 8.26. The summed E-state index contributed by atoms with van der Waals surface area (Å²) in [5, 5.41) is 13.2. The van der Waals surface area contributed by atoms with E-state index in [9.17, 15) is 4.79 Å². The normalized spacial score (nSPS) is 14.1. The van der Waals surface area contributed by atoms with Crippen LogP contribution in [0.2, 0.25) is 0 Å². The first kappa shape index (κ1) is 17.6. The Kier molecular flexibility index (Phi) is 5.39. The molecule has 0 atom stereocenters. The van der Waals surface area contributed by atoms with Gasteiger partial charge in [0.25, 0.3) is 5.91 Å². The van der Waals surface area contributed by atoms with Crippen molar-refractivity contribution in [2.75, 3.05) is 18.4 Å². The number of piperidine rings is 1. The first-order chi connectivity index (χ1) is 13.3. The Balaban J connectivity index is 1.35. The number of benzene rings is 1. The zero-order chi connectivity index (χ0) is 18.5. The number of hydrogen-bond acceptors (Lipinski definition) is 6. The molecule has 0 aliphatic carbocycles. The summed E-state index contributed by atoms with van der Waals surface area (Å²) in [5.41, 5.74) is 2.68. The van der Waals surface area contributed by atoms with Gasteiger partial charge in [-0.1, -0.05) is 29.5 Å². The molecule has 0 saturated carbocycles. The maximum absolute atomic E-state index is 12.5. The van der Waals surface area contributed by atoms with Crippen LogP contribution in [-0.4, -0.2) is 39.1 Å². The third-order valence-corrected chi connectivity index (χ3v) is 5.50. The number of anilines is 1. The second-order valence-corrected chi connectivity index (χ2v) is 7.51. The van der Waals surface area contributed by atoms with E-state index >= 15 is 0 Å². The van der Waals surface area contributed by atoms with Crippen molar-refractivity contribution < 1.29 is 4.79 Å². The van der Waals surface area contributed by atoms with Gasteiger partial charge in [-0.3, -0.25) is 9.78 Å². The lowest BCUT2D eigenvalue weighted by Gasteiger charge is -2.26. The molecule has 3 aromatic rings. The maximum Gasteiger partial charge on any atom is 0.253 e. The molecule has 3 heterocycles. The largest absolute Gasteiger partial charge is 0.356 e. The Hall–Kier alpha value is -2.80. The highest BCUT2D eigenvalue weighted by Gasteiger charge is 2.17. The fourth-order valence-electron chi connectivity index (χ4n) is 3.11. The van der Waals surface area contributed by atoms with Gasteiger partial charge < -0.3 is 10.2 Å². The summed E-state index contributed by atoms with van der Waals surface area (Å²) in [5.74, 6) is 0.137. The van der Waals surface area contributed by atoms with Gasteiger partial charge in [0.2, 0.25) is 5.13 Å². The van der Waals surface area contributed by atoms with Crippen LogP contribution in [0.1, 0.15) is 35.2 Å². The van der Waals surface area contributed by atoms with Gasteiger partial charge in [0.05, 0.1) is 0 Å². The van der Waals surface area contributed by atoms with Crippen LogP contribution in [0, 0.1) is 0 Å². The van der Waals surface area contributed by atoms with E-state index in [0.717, 1.165) is 52.9 Å². The van der Waals surface area contributed by atoms with Gasteiger partial charge in [-0.25, -0.2) is 0 Å². The molecule has 4 rings (SSSR count). The first-order valence-corrected chi connectivity index (χ1v) is 9.98. The Morgan fingerprint density at radius 3 is 2.59 bits per heavy atom. The summed E-state index contributed by atoms with van der Waals surface area (Å²) >= 11 is 1.48. The second-order valence-electron chi connectivity index (χ2n) is 6.53. The molecule has 138 valence electrons. The molecule has 0 spiro atoms. The predicted molar refractivity (Wildman–Crippen MR) is 107 cm³/mol. The van der Waals surface area contributed by atoms with E-state index in [-0.39, 0.29) is 5.91 Å². The lowest BCUT2D eigenvalue weighted by molar-refractivity contribution is 0.0724. The molecule has 7 heteroatoms. The Labute approximate surface area is 162 Å². The van der Waals surface area contributed by atoms with Gasteiger partial charge in [-0.05, 0) is 49.1 Å². The van der Waals surface area contributed by atoms with Gasteiger partial charge in [-0.2, -0.15) is 0 Å². The smallest absolute Gasteiger partial charge is 0.253 e. The lowest BCUT2D eigenvalue weighted by atomic mass is 10.1. The topological polar surface area (TPSA) is 71.0 Å². The molecule has 1 N–H and O–H groups in total. The van der Waals surface area contributed by atoms with E-state index in [2.05, 4.69) is 20.5 Å². The van der Waals surface area contributed by atoms with Gasteiger partial charge in [0, 0.05) is 31.4 Å². The average molecular weight is 379 g/mol. The molecule has 6 nitrogen and oxygen atoms in total. The summed E-state index contributed by atoms with van der Waals surface area (Å²) in [6, 6.07) is 13.5. The standard InChI is InChI=1S/C20H21N5OS/c26-19(25-12-4-1-5-13-25)16-9-7-15(8-10-16)14-22-20-24-23-18(27-20)17-6-2-3-11-21-17/h2-3,6-11H,1,4-5,12-14H2,(H,22,24). The highest BCUT2D eigenvalue weighted by atomic mass is 32.1. The van der Waals surface area contributed by atoms with Crippen molar-refractivity contribution in [3.05, 3.63) is 59.8 Å². The van der Waals surface area contributed by atoms with Crippen LogP contribution in [0.3, 0.4) is 0 Å². The predicted octanol–water partition coefficient (Wildman–Crippen LogP) is 3.84. The molecule has 1 aliphatic heterocycles. The first-order valence-electron chi connectivity index (χ1n) is 9.16. The van der Waals surface area contributed by atoms with Gasteiger partial charge in [-0.15, -0.1) is 10.2 Å². The summed E-state index contributed by atoms with van der Waals surface area (Å²) in [6.07, 6.45) is 5.19. The van der Waals surface area contributed by atoms with E-state index in [1.165, 1.54) is 17.8 Å². The fraction of sp³-hybridized carbons (Fsp3) is 0.300. The maximum atomic E-state index is 12.5. The summed E-state index contributed by atoms with van der Waals surface area (Å²) in [6.45, 7) is 2.38. The number of nitrogens with zero attached hydrogens (tertiary/aromatic N) is 4. The molecule has 0 unspecified atom stereocenters. The number of amides is 1. The van der Waals surface area contributed by atoms with E-state index in [1.54, 1.807) is 6.20 Å². The van der Waals surface area contributed by atoms with Crippen LogP contribution in [0.15, 0.2) is 48.7 Å². The van der Waals surface area contributed by atoms with Crippen molar-refractivity contribution in [3.63, 3.8) is 0 Å². The molecule has 27 heavy (non-hydrogen) atoms. The lowest BCUT2D eigenvalue weighted by Crippen LogP contribution is -2.35. The fourth-order valence-corrected chi connectivity index (χ4v) is 3.83. The SMILES string of the molecule is O=C(c1ccc(CNc2nnc(-c3ccccn3)s2)cc1)N1CCCCC1. The van der Waals surface area contributed by atoms with Gasteiger partial charge in [0.15, 0.2) is 5.01 Å². The van der Waals surface area contributed by atoms with Crippen molar-refractivity contribution in [1.29, 1.82) is 0 Å². The van der Waals surface area contributed by atoms with Gasteiger partial charge >= 0.3 is 0 Å². The highest BCUT2D eigenvalue weighted by molar-refractivity contribution is 7.18. The molecule has 1 saturated heterocycles. The number of hydrogen-bond donors (Lipinski definition) is 1. The Bertz CT molecular complexity index is 888. The minimum atomic E-state index is 0.137. The molecule has 0 bridgehead atoms. The van der Waals surface area contributed by atoms with Crippen LogP contribution >= 0.6 is 11.3 Å². The number of nitrogens with one attached hydrogen (secondary N) is 1. The van der Waals surface area contributed by atoms with Crippen molar-refractivity contribution in [3.8, 4) is 10.7 Å². The highest BCUT2D eigenvalue weighted by Crippen LogP contribution is 2.24. The molecular formula is C20H21N5OS. The van der Waals surface area contributed by atoms with E-state index in [0.29, 0.717) is 6.54 Å². The average Bonchev–Trinajstić information content (AvgIpc) is 3.22. The quantitative estimate of drug-likeness (QED) is 0.729. The Morgan fingerprint density at radius 2 is 1.85 bits per heavy atom. The van der Waals surface area contributed by atoms with Crippen LogP contribution in [0.25, 0.3) is 10.7 Å². The van der Waals surface area contributed by atoms with E-state index in [4.69, 9.17) is 0 Å². The van der Waals surface area contributed by atoms with Gasteiger partial charge in [0.1, 0.15) is 5.69 Å². The number of pyridine rings is 1. The monoisotopic (exact) mass is 379 g/mol. The van der Waals surface area contributed by atoms with Crippen LogP contribution in [0.4, 0.5) is 5.13 Å². The van der Waals surface area contributed by atoms with Crippen molar-refractivity contribution in [2.45, 2.75) is 25.8 Å². The van der Waals surface area contributed by atoms with Crippen LogP contribution in [-0.2, 0) is 6.54 Å². The van der Waals surface area contributed by atoms with Crippen molar-refractivity contribution in [2.24, 2.45) is 0 Å². The van der Waals surface area contributed by atoms with Crippen LogP contribution < -0.4 is 5.32 Å². The number of aromatic nitrogens is 3. The number of carbonyl (C=O) groups excluding carboxylic acids is 1. The van der Waals surface area contributed by atoms with Crippen LogP contribution in [0.5, 0.6) is 0 Å². The van der Waals surface area contributed by atoms with E-state index in [1.807, 2.05) is 47.4 Å². The molecule has 0 radical (unpaired) electrons. The number of carbonyl (C=O) groups is 1. The molecule has 1 fully saturated rings. The summed E-state index contributed by atoms with van der Waals surface area (Å²) in [7, 11) is 0. The van der Waals surface area contributed by atoms with E-state index < -0.39 is 0 Å². The zero-order valence-electron chi connectivity index (χ0n) is 15.0. The molecule has 1 aromatic carbocycles. The summed E-state index contributed by atoms with van der Waals surface area (Å²) in [4.78, 5) is 18.8. The molecule has 1 aliphatic rings. The third-order valence-electron chi connectivity index (χ3n) is 4.60. The number of likely N-dealkylation sites (tertiary alicyclic amines) is 1. The minimum Gasteiger partial charge on any atom is -0.356 e. The summed E-state index contributed by atoms with van der Waals surface area (Å²) < 4.78 is 0. The minimum absolute atomic E-state index is 0.137. The molecular weight excluding hydrogens is 358 g/mol. The Morgan fingerprint density at radius 1 is 1.04 bits per heavy atom. The number of rotatable bonds is 5. The van der Waals surface area contributed by atoms with Crippen molar-refractivity contribution >= 4 is 22.4 Å². The van der Waals surface area contributed by atoms with Crippen molar-refractivity contribution in [1.82, 2.24) is 20.1 Å².